The third kappa shape index (κ3) is 4.21. The maximum atomic E-state index is 2.25. The van der Waals surface area contributed by atoms with Crippen molar-refractivity contribution in [1.29, 1.82) is 0 Å². The van der Waals surface area contributed by atoms with Crippen LogP contribution in [-0.2, 0) is 0 Å². The molecule has 8 rings (SSSR count). The van der Waals surface area contributed by atoms with Crippen molar-refractivity contribution in [2.45, 2.75) is 5.92 Å². The molecule has 39 heavy (non-hydrogen) atoms. The normalized spacial score (nSPS) is 11.3. The summed E-state index contributed by atoms with van der Waals surface area (Å²) in [5, 5.41) is 10.9. The first-order valence-electron chi connectivity index (χ1n) is 13.6. The van der Waals surface area contributed by atoms with E-state index in [4.69, 9.17) is 0 Å². The molecule has 0 unspecified atom stereocenters. The van der Waals surface area contributed by atoms with Gasteiger partial charge in [-0.15, -0.1) is 0 Å². The average Bonchev–Trinajstić information content (AvgIpc) is 3.02. The molecule has 0 heteroatoms. The fraction of sp³-hybridized carbons (Fsp3) is 0.0256. The van der Waals surface area contributed by atoms with Crippen LogP contribution in [0.15, 0.2) is 164 Å². The van der Waals surface area contributed by atoms with Crippen LogP contribution in [0.2, 0.25) is 0 Å². The van der Waals surface area contributed by atoms with Crippen molar-refractivity contribution >= 4 is 43.1 Å². The quantitative estimate of drug-likeness (QED) is 0.130. The summed E-state index contributed by atoms with van der Waals surface area (Å²) in [5.74, 6) is 0.309. The van der Waals surface area contributed by atoms with Crippen molar-refractivity contribution in [1.82, 2.24) is 0 Å². The summed E-state index contributed by atoms with van der Waals surface area (Å²) in [6, 6.07) is 58.5. The molecule has 8 aromatic carbocycles. The number of hydrogen-bond donors (Lipinski definition) is 0. The predicted octanol–water partition coefficient (Wildman–Crippen LogP) is 10.6. The SMILES string of the molecule is c1cc2cccc3c4cccc5cccc(c(c1)c23)c54.c1ccc(C(c2ccccc2)c2ccccc2)cc1. The lowest BCUT2D eigenvalue weighted by Crippen LogP contribution is -2.02. The highest BCUT2D eigenvalue weighted by atomic mass is 14.2. The van der Waals surface area contributed by atoms with Crippen molar-refractivity contribution in [3.8, 4) is 0 Å². The maximum Gasteiger partial charge on any atom is 0.0339 e. The van der Waals surface area contributed by atoms with Gasteiger partial charge in [0.05, 0.1) is 0 Å². The van der Waals surface area contributed by atoms with E-state index in [-0.39, 0.29) is 0 Å². The molecule has 0 radical (unpaired) electrons. The van der Waals surface area contributed by atoms with Gasteiger partial charge in [-0.05, 0) is 59.8 Å². The minimum Gasteiger partial charge on any atom is -0.0622 e. The van der Waals surface area contributed by atoms with E-state index in [1.54, 1.807) is 0 Å². The molecule has 0 saturated carbocycles. The van der Waals surface area contributed by atoms with Crippen molar-refractivity contribution < 1.29 is 0 Å². The largest absolute Gasteiger partial charge is 0.0622 e. The molecule has 0 aliphatic rings. The molecular weight excluding hydrogens is 468 g/mol. The fourth-order valence-electron chi connectivity index (χ4n) is 6.09. The van der Waals surface area contributed by atoms with E-state index in [2.05, 4.69) is 164 Å². The highest BCUT2D eigenvalue weighted by molar-refractivity contribution is 6.32. The maximum absolute atomic E-state index is 2.25. The lowest BCUT2D eigenvalue weighted by molar-refractivity contribution is 0.977. The molecular formula is C39H28. The van der Waals surface area contributed by atoms with E-state index in [9.17, 15) is 0 Å². The van der Waals surface area contributed by atoms with Gasteiger partial charge in [-0.3, -0.25) is 0 Å². The van der Waals surface area contributed by atoms with Crippen LogP contribution in [0.4, 0.5) is 0 Å². The van der Waals surface area contributed by atoms with Crippen molar-refractivity contribution in [2.24, 2.45) is 0 Å². The first-order chi connectivity index (χ1) is 19.4. The van der Waals surface area contributed by atoms with Gasteiger partial charge in [0, 0.05) is 5.92 Å². The predicted molar refractivity (Wildman–Crippen MR) is 168 cm³/mol. The second-order valence-electron chi connectivity index (χ2n) is 10.1. The van der Waals surface area contributed by atoms with E-state index >= 15 is 0 Å². The Labute approximate surface area is 229 Å². The summed E-state index contributed by atoms with van der Waals surface area (Å²) in [4.78, 5) is 0. The van der Waals surface area contributed by atoms with Crippen molar-refractivity contribution in [3.63, 3.8) is 0 Å². The van der Waals surface area contributed by atoms with Crippen molar-refractivity contribution in [3.05, 3.63) is 180 Å². The first kappa shape index (κ1) is 23.2. The van der Waals surface area contributed by atoms with Crippen molar-refractivity contribution in [2.75, 3.05) is 0 Å². The van der Waals surface area contributed by atoms with Gasteiger partial charge in [-0.25, -0.2) is 0 Å². The molecule has 0 aliphatic carbocycles. The minimum atomic E-state index is 0.309. The molecule has 0 nitrogen and oxygen atoms in total. The summed E-state index contributed by atoms with van der Waals surface area (Å²) < 4.78 is 0. The van der Waals surface area contributed by atoms with E-state index < -0.39 is 0 Å². The fourth-order valence-corrected chi connectivity index (χ4v) is 6.09. The second kappa shape index (κ2) is 10.1. The van der Waals surface area contributed by atoms with Crippen LogP contribution in [0.25, 0.3) is 43.1 Å². The summed E-state index contributed by atoms with van der Waals surface area (Å²) in [5.41, 5.74) is 4.00. The smallest absolute Gasteiger partial charge is 0.0339 e. The van der Waals surface area contributed by atoms with E-state index in [0.717, 1.165) is 0 Å². The zero-order chi connectivity index (χ0) is 26.0. The summed E-state index contributed by atoms with van der Waals surface area (Å²) >= 11 is 0. The van der Waals surface area contributed by atoms with Gasteiger partial charge in [0.25, 0.3) is 0 Å². The average molecular weight is 497 g/mol. The number of benzene rings is 8. The Morgan fingerprint density at radius 1 is 0.256 bits per heavy atom. The Balaban J connectivity index is 0.000000130. The highest BCUT2D eigenvalue weighted by Crippen LogP contribution is 2.39. The standard InChI is InChI=1S/C20H12.C19H16/c1-5-13-6-2-11-17-18-12-4-8-14-7-3-10-16(20(14)18)15(9-1)19(13)17;1-4-10-16(11-5-1)19(17-12-6-2-7-13-17)18-14-8-3-9-15-18/h1-12H;1-15,19H. The molecule has 0 bridgehead atoms. The molecule has 0 saturated heterocycles. The lowest BCUT2D eigenvalue weighted by Gasteiger charge is -2.18. The van der Waals surface area contributed by atoms with Gasteiger partial charge < -0.3 is 0 Å². The molecule has 0 fully saturated rings. The van der Waals surface area contributed by atoms with Crippen LogP contribution in [0.3, 0.4) is 0 Å². The van der Waals surface area contributed by atoms with E-state index in [1.807, 2.05) is 0 Å². The lowest BCUT2D eigenvalue weighted by atomic mass is 9.85. The molecule has 0 amide bonds. The van der Waals surface area contributed by atoms with Gasteiger partial charge in [0.2, 0.25) is 0 Å². The Kier molecular flexibility index (Phi) is 6.00. The second-order valence-corrected chi connectivity index (χ2v) is 10.1. The zero-order valence-electron chi connectivity index (χ0n) is 21.7. The summed E-state index contributed by atoms with van der Waals surface area (Å²) in [7, 11) is 0. The Morgan fingerprint density at radius 3 is 0.821 bits per heavy atom. The van der Waals surface area contributed by atoms with Crippen LogP contribution in [0.1, 0.15) is 22.6 Å². The van der Waals surface area contributed by atoms with Crippen LogP contribution in [-0.4, -0.2) is 0 Å². The molecule has 184 valence electrons. The van der Waals surface area contributed by atoms with Gasteiger partial charge in [-0.1, -0.05) is 164 Å². The minimum absolute atomic E-state index is 0.309. The molecule has 0 aromatic heterocycles. The van der Waals surface area contributed by atoms with Gasteiger partial charge in [-0.2, -0.15) is 0 Å². The molecule has 0 spiro atoms. The number of fused-ring (bicyclic) bond motifs is 2. The van der Waals surface area contributed by atoms with E-state index in [1.165, 1.54) is 59.8 Å². The van der Waals surface area contributed by atoms with Crippen LogP contribution in [0.5, 0.6) is 0 Å². The van der Waals surface area contributed by atoms with Crippen LogP contribution in [0, 0.1) is 0 Å². The Hall–Kier alpha value is -4.94. The Morgan fingerprint density at radius 2 is 0.538 bits per heavy atom. The summed E-state index contributed by atoms with van der Waals surface area (Å²) in [6.07, 6.45) is 0. The van der Waals surface area contributed by atoms with Gasteiger partial charge in [0.1, 0.15) is 0 Å². The first-order valence-corrected chi connectivity index (χ1v) is 13.6. The van der Waals surface area contributed by atoms with E-state index in [0.29, 0.717) is 5.92 Å². The molecule has 0 N–H and O–H groups in total. The molecule has 0 heterocycles. The monoisotopic (exact) mass is 496 g/mol. The zero-order valence-corrected chi connectivity index (χ0v) is 21.7. The summed E-state index contributed by atoms with van der Waals surface area (Å²) in [6.45, 7) is 0. The van der Waals surface area contributed by atoms with Crippen LogP contribution < -0.4 is 0 Å². The molecule has 8 aromatic rings. The number of rotatable bonds is 3. The topological polar surface area (TPSA) is 0 Å². The highest BCUT2D eigenvalue weighted by Gasteiger charge is 2.15. The number of hydrogen-bond acceptors (Lipinski definition) is 0. The third-order valence-corrected chi connectivity index (χ3v) is 7.79. The molecule has 0 atom stereocenters. The molecule has 0 aliphatic heterocycles. The third-order valence-electron chi connectivity index (χ3n) is 7.79. The van der Waals surface area contributed by atoms with Gasteiger partial charge >= 0.3 is 0 Å². The van der Waals surface area contributed by atoms with Crippen LogP contribution >= 0.6 is 0 Å². The Bertz CT molecular complexity index is 1720. The van der Waals surface area contributed by atoms with Gasteiger partial charge in [0.15, 0.2) is 0 Å².